The second-order valence-electron chi connectivity index (χ2n) is 7.34. The van der Waals surface area contributed by atoms with Crippen LogP contribution in [0.15, 0.2) is 36.5 Å². The van der Waals surface area contributed by atoms with Crippen molar-refractivity contribution < 1.29 is 9.22 Å². The van der Waals surface area contributed by atoms with Gasteiger partial charge in [0.1, 0.15) is 6.29 Å². The Bertz CT molecular complexity index is 413. The first-order valence-electron chi connectivity index (χ1n) is 7.85. The maximum absolute atomic E-state index is 10.3. The Morgan fingerprint density at radius 2 is 1.81 bits per heavy atom. The van der Waals surface area contributed by atoms with Crippen LogP contribution in [0, 0.1) is 11.8 Å². The quantitative estimate of drug-likeness (QED) is 0.229. The highest BCUT2D eigenvalue weighted by molar-refractivity contribution is 6.74. The van der Waals surface area contributed by atoms with Crippen LogP contribution in [0.4, 0.5) is 0 Å². The zero-order valence-electron chi connectivity index (χ0n) is 14.1. The Morgan fingerprint density at radius 1 is 1.14 bits per heavy atom. The number of carbonyl (C=O) groups excluding carboxylic acids is 1. The summed E-state index contributed by atoms with van der Waals surface area (Å²) in [7, 11) is -1.67. The van der Waals surface area contributed by atoms with Gasteiger partial charge in [-0.2, -0.15) is 0 Å². The van der Waals surface area contributed by atoms with E-state index >= 15 is 0 Å². The molecule has 0 saturated heterocycles. The van der Waals surface area contributed by atoms with E-state index in [4.69, 9.17) is 4.43 Å². The molecule has 2 nitrogen and oxygen atoms in total. The zero-order valence-corrected chi connectivity index (χ0v) is 15.1. The minimum Gasteiger partial charge on any atom is -0.417 e. The molecule has 0 bridgehead atoms. The van der Waals surface area contributed by atoms with E-state index in [1.165, 1.54) is 6.08 Å². The molecule has 0 aliphatic heterocycles. The Morgan fingerprint density at radius 3 is 2.43 bits per heavy atom. The smallest absolute Gasteiger partial charge is 0.191 e. The SMILES string of the molecule is CC(C)(C)[Si](C)(C)OC[C@H]1CC=CC[C@H]1C=CC=CC=O. The number of aldehydes is 1. The number of rotatable bonds is 6. The molecule has 0 spiro atoms. The average Bonchev–Trinajstić information content (AvgIpc) is 2.41. The summed E-state index contributed by atoms with van der Waals surface area (Å²) in [6, 6.07) is 0. The van der Waals surface area contributed by atoms with Crippen molar-refractivity contribution in [2.45, 2.75) is 51.7 Å². The van der Waals surface area contributed by atoms with Crippen molar-refractivity contribution in [2.24, 2.45) is 11.8 Å². The molecule has 0 heterocycles. The van der Waals surface area contributed by atoms with E-state index in [0.29, 0.717) is 11.8 Å². The summed E-state index contributed by atoms with van der Waals surface area (Å²) in [5.74, 6) is 1.06. The molecule has 1 aliphatic carbocycles. The van der Waals surface area contributed by atoms with Crippen molar-refractivity contribution in [3.05, 3.63) is 36.5 Å². The lowest BCUT2D eigenvalue weighted by Crippen LogP contribution is -2.42. The van der Waals surface area contributed by atoms with E-state index in [1.807, 2.05) is 6.08 Å². The van der Waals surface area contributed by atoms with Gasteiger partial charge in [-0.15, -0.1) is 0 Å². The van der Waals surface area contributed by atoms with Gasteiger partial charge in [0.25, 0.3) is 0 Å². The van der Waals surface area contributed by atoms with Crippen molar-refractivity contribution in [2.75, 3.05) is 6.61 Å². The first kappa shape index (κ1) is 18.1. The van der Waals surface area contributed by atoms with E-state index < -0.39 is 8.32 Å². The molecule has 0 fully saturated rings. The van der Waals surface area contributed by atoms with Crippen molar-refractivity contribution in [3.8, 4) is 0 Å². The fraction of sp³-hybridized carbons (Fsp3) is 0.611. The summed E-state index contributed by atoms with van der Waals surface area (Å²) in [6.07, 6.45) is 15.0. The summed E-state index contributed by atoms with van der Waals surface area (Å²) in [6.45, 7) is 12.3. The second-order valence-corrected chi connectivity index (χ2v) is 12.2. The molecule has 21 heavy (non-hydrogen) atoms. The third-order valence-corrected chi connectivity index (χ3v) is 9.24. The lowest BCUT2D eigenvalue weighted by molar-refractivity contribution is -0.104. The summed E-state index contributed by atoms with van der Waals surface area (Å²) in [4.78, 5) is 10.3. The van der Waals surface area contributed by atoms with Gasteiger partial charge in [0.15, 0.2) is 8.32 Å². The second kappa shape index (κ2) is 7.90. The molecular formula is C18H30O2Si. The van der Waals surface area contributed by atoms with E-state index in [1.54, 1.807) is 6.08 Å². The number of carbonyl (C=O) groups is 1. The normalized spacial score (nSPS) is 24.0. The van der Waals surface area contributed by atoms with Gasteiger partial charge in [-0.3, -0.25) is 4.79 Å². The lowest BCUT2D eigenvalue weighted by Gasteiger charge is -2.38. The van der Waals surface area contributed by atoms with Crippen molar-refractivity contribution in [1.29, 1.82) is 0 Å². The van der Waals surface area contributed by atoms with Crippen molar-refractivity contribution in [3.63, 3.8) is 0 Å². The van der Waals surface area contributed by atoms with E-state index in [-0.39, 0.29) is 5.04 Å². The minimum absolute atomic E-state index is 0.259. The summed E-state index contributed by atoms with van der Waals surface area (Å²) in [5.41, 5.74) is 0. The maximum atomic E-state index is 10.3. The van der Waals surface area contributed by atoms with E-state index in [0.717, 1.165) is 25.7 Å². The molecule has 0 N–H and O–H groups in total. The van der Waals surface area contributed by atoms with Gasteiger partial charge in [0, 0.05) is 6.61 Å². The van der Waals surface area contributed by atoms with Crippen LogP contribution in [0.1, 0.15) is 33.6 Å². The van der Waals surface area contributed by atoms with Gasteiger partial charge in [0.2, 0.25) is 0 Å². The molecule has 2 atom stereocenters. The predicted octanol–water partition coefficient (Wildman–Crippen LogP) is 4.90. The highest BCUT2D eigenvalue weighted by Gasteiger charge is 2.38. The van der Waals surface area contributed by atoms with Crippen LogP contribution in [0.3, 0.4) is 0 Å². The van der Waals surface area contributed by atoms with Gasteiger partial charge in [-0.05, 0) is 48.9 Å². The van der Waals surface area contributed by atoms with E-state index in [2.05, 4.69) is 52.1 Å². The standard InChI is InChI=1S/C18H30O2Si/c1-18(2,3)21(4,5)20-15-17-13-9-8-12-16(17)11-7-6-10-14-19/h6-11,14,16-17H,12-13,15H2,1-5H3/t16-,17-/m1/s1. The first-order chi connectivity index (χ1) is 9.78. The molecule has 1 rings (SSSR count). The molecule has 0 aromatic carbocycles. The molecular weight excluding hydrogens is 276 g/mol. The van der Waals surface area contributed by atoms with Crippen LogP contribution in [0.2, 0.25) is 18.1 Å². The number of hydrogen-bond donors (Lipinski definition) is 0. The predicted molar refractivity (Wildman–Crippen MR) is 92.8 cm³/mol. The van der Waals surface area contributed by atoms with Crippen molar-refractivity contribution >= 4 is 14.6 Å². The topological polar surface area (TPSA) is 26.3 Å². The number of allylic oxidation sites excluding steroid dienone is 6. The van der Waals surface area contributed by atoms with Gasteiger partial charge >= 0.3 is 0 Å². The molecule has 0 aromatic heterocycles. The highest BCUT2D eigenvalue weighted by atomic mass is 28.4. The Hall–Kier alpha value is -0.933. The monoisotopic (exact) mass is 306 g/mol. The lowest BCUT2D eigenvalue weighted by atomic mass is 9.83. The molecule has 1 aliphatic rings. The highest BCUT2D eigenvalue weighted by Crippen LogP contribution is 2.38. The van der Waals surface area contributed by atoms with Gasteiger partial charge < -0.3 is 4.43 Å². The van der Waals surface area contributed by atoms with Crippen LogP contribution in [-0.2, 0) is 9.22 Å². The van der Waals surface area contributed by atoms with Gasteiger partial charge in [-0.25, -0.2) is 0 Å². The molecule has 3 heteroatoms. The molecule has 0 aromatic rings. The van der Waals surface area contributed by atoms with Crippen LogP contribution < -0.4 is 0 Å². The van der Waals surface area contributed by atoms with Crippen LogP contribution >= 0.6 is 0 Å². The third kappa shape index (κ3) is 5.75. The Balaban J connectivity index is 2.62. The Kier molecular flexibility index (Phi) is 6.82. The fourth-order valence-electron chi connectivity index (χ4n) is 2.17. The summed E-state index contributed by atoms with van der Waals surface area (Å²) >= 11 is 0. The maximum Gasteiger partial charge on any atom is 0.191 e. The summed E-state index contributed by atoms with van der Waals surface area (Å²) < 4.78 is 6.39. The average molecular weight is 307 g/mol. The van der Waals surface area contributed by atoms with Crippen LogP contribution in [0.25, 0.3) is 0 Å². The molecule has 0 saturated carbocycles. The summed E-state index contributed by atoms with van der Waals surface area (Å²) in [5, 5.41) is 0.259. The van der Waals surface area contributed by atoms with Gasteiger partial charge in [0.05, 0.1) is 0 Å². The zero-order chi connectivity index (χ0) is 15.9. The molecule has 0 unspecified atom stereocenters. The number of hydrogen-bond acceptors (Lipinski definition) is 2. The Labute approximate surface area is 131 Å². The largest absolute Gasteiger partial charge is 0.417 e. The van der Waals surface area contributed by atoms with Gasteiger partial charge in [-0.1, -0.05) is 51.2 Å². The molecule has 118 valence electrons. The third-order valence-electron chi connectivity index (χ3n) is 4.74. The fourth-order valence-corrected chi connectivity index (χ4v) is 3.23. The van der Waals surface area contributed by atoms with Crippen molar-refractivity contribution in [1.82, 2.24) is 0 Å². The first-order valence-corrected chi connectivity index (χ1v) is 10.8. The van der Waals surface area contributed by atoms with E-state index in [9.17, 15) is 4.79 Å². The minimum atomic E-state index is -1.67. The van der Waals surface area contributed by atoms with Crippen LogP contribution in [-0.4, -0.2) is 21.2 Å². The molecule has 0 radical (unpaired) electrons. The molecule has 0 amide bonds. The van der Waals surface area contributed by atoms with Crippen LogP contribution in [0.5, 0.6) is 0 Å².